The number of methoxy groups -OCH3 is 1. The van der Waals surface area contributed by atoms with Crippen LogP contribution in [0.25, 0.3) is 0 Å². The molecular formula is C18H21NO. The molecule has 3 rings (SSSR count). The van der Waals surface area contributed by atoms with Crippen LogP contribution in [0.4, 0.5) is 5.69 Å². The molecule has 0 aromatic heterocycles. The van der Waals surface area contributed by atoms with Gasteiger partial charge in [-0.2, -0.15) is 0 Å². The van der Waals surface area contributed by atoms with Crippen LogP contribution >= 0.6 is 0 Å². The van der Waals surface area contributed by atoms with E-state index in [0.717, 1.165) is 12.3 Å². The Bertz CT molecular complexity index is 535. The average molecular weight is 267 g/mol. The Kier molecular flexibility index (Phi) is 3.91. The normalized spacial score (nSPS) is 18.9. The molecule has 1 atom stereocenters. The van der Waals surface area contributed by atoms with Gasteiger partial charge in [0.05, 0.1) is 13.2 Å². The van der Waals surface area contributed by atoms with E-state index < -0.39 is 0 Å². The molecule has 1 aliphatic heterocycles. The molecule has 0 bridgehead atoms. The molecule has 0 amide bonds. The highest BCUT2D eigenvalue weighted by molar-refractivity contribution is 5.51. The van der Waals surface area contributed by atoms with E-state index in [1.165, 1.54) is 30.5 Å². The van der Waals surface area contributed by atoms with Crippen molar-refractivity contribution >= 4 is 5.69 Å². The first-order chi connectivity index (χ1) is 9.88. The van der Waals surface area contributed by atoms with Gasteiger partial charge in [0, 0.05) is 12.2 Å². The zero-order valence-electron chi connectivity index (χ0n) is 12.0. The summed E-state index contributed by atoms with van der Waals surface area (Å²) < 4.78 is 5.25. The number of piperidine rings is 1. The first-order valence-corrected chi connectivity index (χ1v) is 7.34. The van der Waals surface area contributed by atoms with E-state index in [4.69, 9.17) is 4.74 Å². The van der Waals surface area contributed by atoms with E-state index in [9.17, 15) is 0 Å². The Hall–Kier alpha value is -1.96. The number of anilines is 1. The largest absolute Gasteiger partial charge is 0.497 e. The lowest BCUT2D eigenvalue weighted by Gasteiger charge is -2.38. The third-order valence-electron chi connectivity index (χ3n) is 4.09. The third kappa shape index (κ3) is 2.64. The van der Waals surface area contributed by atoms with Gasteiger partial charge in [-0.25, -0.2) is 0 Å². The van der Waals surface area contributed by atoms with Crippen molar-refractivity contribution < 1.29 is 4.74 Å². The number of benzene rings is 2. The molecule has 1 aliphatic rings. The molecule has 2 aromatic carbocycles. The van der Waals surface area contributed by atoms with Gasteiger partial charge in [-0.1, -0.05) is 30.3 Å². The molecule has 2 nitrogen and oxygen atoms in total. The molecule has 1 fully saturated rings. The quantitative estimate of drug-likeness (QED) is 0.816. The molecule has 0 saturated carbocycles. The van der Waals surface area contributed by atoms with E-state index in [2.05, 4.69) is 47.4 Å². The van der Waals surface area contributed by atoms with E-state index >= 15 is 0 Å². The fourth-order valence-corrected chi connectivity index (χ4v) is 3.04. The fourth-order valence-electron chi connectivity index (χ4n) is 3.04. The van der Waals surface area contributed by atoms with Gasteiger partial charge in [0.15, 0.2) is 0 Å². The van der Waals surface area contributed by atoms with Crippen LogP contribution in [-0.2, 0) is 0 Å². The van der Waals surface area contributed by atoms with Crippen molar-refractivity contribution in [2.75, 3.05) is 18.6 Å². The molecule has 104 valence electrons. The first-order valence-electron chi connectivity index (χ1n) is 7.34. The molecule has 0 aliphatic carbocycles. The minimum absolute atomic E-state index is 0.498. The van der Waals surface area contributed by atoms with Gasteiger partial charge in [-0.3, -0.25) is 0 Å². The smallest absolute Gasteiger partial charge is 0.119 e. The average Bonchev–Trinajstić information content (AvgIpc) is 2.56. The second-order valence-electron chi connectivity index (χ2n) is 5.31. The van der Waals surface area contributed by atoms with Gasteiger partial charge in [0.1, 0.15) is 5.75 Å². The summed E-state index contributed by atoms with van der Waals surface area (Å²) in [5.74, 6) is 0.919. The Labute approximate surface area is 121 Å². The lowest BCUT2D eigenvalue weighted by Crippen LogP contribution is -2.33. The van der Waals surface area contributed by atoms with Crippen molar-refractivity contribution in [3.63, 3.8) is 0 Å². The number of hydrogen-bond acceptors (Lipinski definition) is 2. The second kappa shape index (κ2) is 6.00. The van der Waals surface area contributed by atoms with E-state index in [1.54, 1.807) is 7.11 Å². The van der Waals surface area contributed by atoms with Crippen molar-refractivity contribution in [1.29, 1.82) is 0 Å². The predicted molar refractivity (Wildman–Crippen MR) is 83.4 cm³/mol. The monoisotopic (exact) mass is 267 g/mol. The molecular weight excluding hydrogens is 246 g/mol. The van der Waals surface area contributed by atoms with Crippen molar-refractivity contribution in [2.24, 2.45) is 0 Å². The van der Waals surface area contributed by atoms with Gasteiger partial charge < -0.3 is 9.64 Å². The third-order valence-corrected chi connectivity index (χ3v) is 4.09. The summed E-state index contributed by atoms with van der Waals surface area (Å²) in [5.41, 5.74) is 2.71. The second-order valence-corrected chi connectivity index (χ2v) is 5.31. The first kappa shape index (κ1) is 13.0. The maximum absolute atomic E-state index is 5.25. The number of rotatable bonds is 3. The summed E-state index contributed by atoms with van der Waals surface area (Å²) in [5, 5.41) is 0. The van der Waals surface area contributed by atoms with Gasteiger partial charge in [-0.15, -0.1) is 0 Å². The summed E-state index contributed by atoms with van der Waals surface area (Å²) in [6, 6.07) is 19.8. The highest BCUT2D eigenvalue weighted by Gasteiger charge is 2.23. The highest BCUT2D eigenvalue weighted by atomic mass is 16.5. The summed E-state index contributed by atoms with van der Waals surface area (Å²) in [7, 11) is 1.71. The van der Waals surface area contributed by atoms with Crippen LogP contribution in [0.1, 0.15) is 30.9 Å². The molecule has 2 heteroatoms. The summed E-state index contributed by atoms with van der Waals surface area (Å²) >= 11 is 0. The van der Waals surface area contributed by atoms with Crippen LogP contribution in [0.5, 0.6) is 5.75 Å². The minimum atomic E-state index is 0.498. The van der Waals surface area contributed by atoms with Gasteiger partial charge >= 0.3 is 0 Å². The summed E-state index contributed by atoms with van der Waals surface area (Å²) in [6.07, 6.45) is 3.82. The van der Waals surface area contributed by atoms with E-state index in [-0.39, 0.29) is 0 Å². The van der Waals surface area contributed by atoms with Gasteiger partial charge in [-0.05, 0) is 49.1 Å². The topological polar surface area (TPSA) is 12.5 Å². The van der Waals surface area contributed by atoms with Crippen LogP contribution < -0.4 is 9.64 Å². The Morgan fingerprint density at radius 2 is 1.70 bits per heavy atom. The van der Waals surface area contributed by atoms with Crippen molar-refractivity contribution in [3.05, 3.63) is 60.2 Å². The molecule has 1 heterocycles. The Morgan fingerprint density at radius 1 is 0.950 bits per heavy atom. The molecule has 20 heavy (non-hydrogen) atoms. The van der Waals surface area contributed by atoms with Crippen molar-refractivity contribution in [1.82, 2.24) is 0 Å². The standard InChI is InChI=1S/C18H21NO/c1-20-17-12-10-16(11-13-17)19-14-6-5-9-18(19)15-7-3-2-4-8-15/h2-4,7-8,10-13,18H,5-6,9,14H2,1H3. The Morgan fingerprint density at radius 3 is 2.40 bits per heavy atom. The zero-order chi connectivity index (χ0) is 13.8. The van der Waals surface area contributed by atoms with Crippen LogP contribution in [0.15, 0.2) is 54.6 Å². The zero-order valence-corrected chi connectivity index (χ0v) is 12.0. The van der Waals surface area contributed by atoms with Crippen LogP contribution in [0.3, 0.4) is 0 Å². The SMILES string of the molecule is COc1ccc(N2CCCCC2c2ccccc2)cc1. The molecule has 0 radical (unpaired) electrons. The number of nitrogens with zero attached hydrogens (tertiary/aromatic N) is 1. The van der Waals surface area contributed by atoms with Gasteiger partial charge in [0.2, 0.25) is 0 Å². The molecule has 0 spiro atoms. The van der Waals surface area contributed by atoms with Gasteiger partial charge in [0.25, 0.3) is 0 Å². The van der Waals surface area contributed by atoms with E-state index in [0.29, 0.717) is 6.04 Å². The molecule has 1 saturated heterocycles. The summed E-state index contributed by atoms with van der Waals surface area (Å²) in [4.78, 5) is 2.53. The lowest BCUT2D eigenvalue weighted by atomic mass is 9.94. The van der Waals surface area contributed by atoms with Crippen LogP contribution in [0, 0.1) is 0 Å². The maximum Gasteiger partial charge on any atom is 0.119 e. The number of hydrogen-bond donors (Lipinski definition) is 0. The molecule has 2 aromatic rings. The Balaban J connectivity index is 1.88. The molecule has 1 unspecified atom stereocenters. The highest BCUT2D eigenvalue weighted by Crippen LogP contribution is 2.35. The molecule has 0 N–H and O–H groups in total. The summed E-state index contributed by atoms with van der Waals surface area (Å²) in [6.45, 7) is 1.13. The number of ether oxygens (including phenoxy) is 1. The lowest BCUT2D eigenvalue weighted by molar-refractivity contribution is 0.414. The minimum Gasteiger partial charge on any atom is -0.497 e. The van der Waals surface area contributed by atoms with Crippen LogP contribution in [-0.4, -0.2) is 13.7 Å². The maximum atomic E-state index is 5.25. The van der Waals surface area contributed by atoms with Crippen molar-refractivity contribution in [2.45, 2.75) is 25.3 Å². The van der Waals surface area contributed by atoms with E-state index in [1.807, 2.05) is 12.1 Å². The fraction of sp³-hybridized carbons (Fsp3) is 0.333. The predicted octanol–water partition coefficient (Wildman–Crippen LogP) is 4.43. The van der Waals surface area contributed by atoms with Crippen LogP contribution in [0.2, 0.25) is 0 Å². The van der Waals surface area contributed by atoms with Crippen molar-refractivity contribution in [3.8, 4) is 5.75 Å².